The predicted octanol–water partition coefficient (Wildman–Crippen LogP) is 3.52. The van der Waals surface area contributed by atoms with Crippen LogP contribution in [0.4, 0.5) is 11.5 Å². The molecule has 0 aliphatic carbocycles. The van der Waals surface area contributed by atoms with Crippen molar-refractivity contribution in [3.05, 3.63) is 29.8 Å². The van der Waals surface area contributed by atoms with Gasteiger partial charge in [0.25, 0.3) is 0 Å². The molecule has 7 heteroatoms. The molecule has 0 atom stereocenters. The van der Waals surface area contributed by atoms with Gasteiger partial charge in [-0.05, 0) is 71.2 Å². The summed E-state index contributed by atoms with van der Waals surface area (Å²) in [5, 5.41) is 22.9. The highest BCUT2D eigenvalue weighted by Gasteiger charge is 2.39. The van der Waals surface area contributed by atoms with E-state index in [0.29, 0.717) is 23.0 Å². The van der Waals surface area contributed by atoms with Crippen LogP contribution in [0.15, 0.2) is 29.3 Å². The Morgan fingerprint density at radius 1 is 1.17 bits per heavy atom. The van der Waals surface area contributed by atoms with E-state index in [1.54, 1.807) is 6.07 Å². The van der Waals surface area contributed by atoms with E-state index in [4.69, 9.17) is 5.73 Å². The quantitative estimate of drug-likeness (QED) is 0.540. The molecule has 1 fully saturated rings. The molecule has 2 aromatic rings. The molecule has 1 aromatic carbocycles. The molecule has 0 spiro atoms. The molecule has 0 unspecified atom stereocenters. The van der Waals surface area contributed by atoms with E-state index in [2.05, 4.69) is 60.1 Å². The van der Waals surface area contributed by atoms with Crippen LogP contribution in [0.1, 0.15) is 46.1 Å². The molecular formula is C22H32N6O. The van der Waals surface area contributed by atoms with Gasteiger partial charge in [-0.25, -0.2) is 4.99 Å². The first-order valence-corrected chi connectivity index (χ1v) is 9.95. The Balaban J connectivity index is 1.84. The number of aliphatic imine (C=N–C) groups is 1. The Morgan fingerprint density at radius 3 is 2.38 bits per heavy atom. The summed E-state index contributed by atoms with van der Waals surface area (Å²) >= 11 is 0. The van der Waals surface area contributed by atoms with Crippen molar-refractivity contribution in [2.45, 2.75) is 64.6 Å². The molecule has 29 heavy (non-hydrogen) atoms. The van der Waals surface area contributed by atoms with Crippen LogP contribution in [0.25, 0.3) is 11.3 Å². The number of aromatic nitrogens is 2. The average molecular weight is 397 g/mol. The molecule has 0 radical (unpaired) electrons. The SMILES string of the molecule is Cc1cc(-c2ccc(N(C)C3CC(C)(C)NC(C)(C)C3)nn2)c(O)cc1N=CN. The van der Waals surface area contributed by atoms with Crippen molar-refractivity contribution in [2.24, 2.45) is 10.7 Å². The van der Waals surface area contributed by atoms with Gasteiger partial charge < -0.3 is 21.1 Å². The molecular weight excluding hydrogens is 364 g/mol. The number of piperidine rings is 1. The number of nitrogens with one attached hydrogen (secondary N) is 1. The number of hydrogen-bond donors (Lipinski definition) is 3. The lowest BCUT2D eigenvalue weighted by Gasteiger charge is -2.49. The fourth-order valence-corrected chi connectivity index (χ4v) is 4.50. The maximum Gasteiger partial charge on any atom is 0.151 e. The largest absolute Gasteiger partial charge is 0.507 e. The standard InChI is InChI=1S/C22H32N6O/c1-14-9-16(19(29)10-18(14)24-13-23)17-7-8-20(26-25-17)28(6)15-11-21(2,3)27-22(4,5)12-15/h7-10,13,15,27,29H,11-12H2,1-6H3,(H2,23,24). The van der Waals surface area contributed by atoms with Gasteiger partial charge in [-0.3, -0.25) is 0 Å². The Kier molecular flexibility index (Phi) is 5.54. The molecule has 0 bridgehead atoms. The molecule has 2 heterocycles. The van der Waals surface area contributed by atoms with Gasteiger partial charge in [0.2, 0.25) is 0 Å². The van der Waals surface area contributed by atoms with Crippen LogP contribution in [0, 0.1) is 6.92 Å². The fraction of sp³-hybridized carbons (Fsp3) is 0.500. The summed E-state index contributed by atoms with van der Waals surface area (Å²) in [4.78, 5) is 6.27. The van der Waals surface area contributed by atoms with E-state index >= 15 is 0 Å². The molecule has 156 valence electrons. The summed E-state index contributed by atoms with van der Waals surface area (Å²) in [5.74, 6) is 0.932. The first-order valence-electron chi connectivity index (χ1n) is 9.95. The zero-order chi connectivity index (χ0) is 21.4. The summed E-state index contributed by atoms with van der Waals surface area (Å²) in [5.41, 5.74) is 8.27. The molecule has 1 aliphatic heterocycles. The van der Waals surface area contributed by atoms with Gasteiger partial charge in [0.05, 0.1) is 17.7 Å². The second-order valence-corrected chi connectivity index (χ2v) is 9.28. The Hall–Kier alpha value is -2.67. The molecule has 3 rings (SSSR count). The van der Waals surface area contributed by atoms with E-state index in [-0.39, 0.29) is 16.8 Å². The number of nitrogens with zero attached hydrogens (tertiary/aromatic N) is 4. The number of aromatic hydroxyl groups is 1. The van der Waals surface area contributed by atoms with Crippen LogP contribution in [0.5, 0.6) is 5.75 Å². The van der Waals surface area contributed by atoms with Gasteiger partial charge >= 0.3 is 0 Å². The number of aryl methyl sites for hydroxylation is 1. The van der Waals surface area contributed by atoms with Crippen molar-refractivity contribution >= 4 is 17.8 Å². The lowest BCUT2D eigenvalue weighted by atomic mass is 9.79. The highest BCUT2D eigenvalue weighted by atomic mass is 16.3. The minimum atomic E-state index is 0.0606. The Morgan fingerprint density at radius 2 is 1.83 bits per heavy atom. The normalized spacial score (nSPS) is 18.8. The number of benzene rings is 1. The van der Waals surface area contributed by atoms with Gasteiger partial charge in [-0.1, -0.05) is 0 Å². The topological polar surface area (TPSA) is 99.7 Å². The number of nitrogens with two attached hydrogens (primary N) is 1. The fourth-order valence-electron chi connectivity index (χ4n) is 4.50. The van der Waals surface area contributed by atoms with Crippen molar-refractivity contribution in [1.29, 1.82) is 0 Å². The monoisotopic (exact) mass is 396 g/mol. The molecule has 1 aliphatic rings. The third-order valence-corrected chi connectivity index (χ3v) is 5.53. The smallest absolute Gasteiger partial charge is 0.151 e. The Bertz CT molecular complexity index is 888. The number of phenols is 1. The number of hydrogen-bond acceptors (Lipinski definition) is 6. The zero-order valence-corrected chi connectivity index (χ0v) is 18.2. The van der Waals surface area contributed by atoms with E-state index in [1.807, 2.05) is 25.1 Å². The van der Waals surface area contributed by atoms with Crippen molar-refractivity contribution in [3.8, 4) is 17.0 Å². The van der Waals surface area contributed by atoms with E-state index < -0.39 is 0 Å². The summed E-state index contributed by atoms with van der Waals surface area (Å²) < 4.78 is 0. The lowest BCUT2D eigenvalue weighted by molar-refractivity contribution is 0.160. The summed E-state index contributed by atoms with van der Waals surface area (Å²) in [7, 11) is 2.08. The molecule has 7 nitrogen and oxygen atoms in total. The highest BCUT2D eigenvalue weighted by Crippen LogP contribution is 2.35. The molecule has 1 saturated heterocycles. The molecule has 0 amide bonds. The highest BCUT2D eigenvalue weighted by molar-refractivity contribution is 5.73. The second-order valence-electron chi connectivity index (χ2n) is 9.28. The second kappa shape index (κ2) is 7.63. The third-order valence-electron chi connectivity index (χ3n) is 5.53. The number of anilines is 1. The zero-order valence-electron chi connectivity index (χ0n) is 18.2. The summed E-state index contributed by atoms with van der Waals surface area (Å²) in [6, 6.07) is 7.67. The molecule has 1 aromatic heterocycles. The number of phenolic OH excluding ortho intramolecular Hbond substituents is 1. The first-order chi connectivity index (χ1) is 13.5. The van der Waals surface area contributed by atoms with E-state index in [1.165, 1.54) is 6.34 Å². The van der Waals surface area contributed by atoms with Crippen LogP contribution in [0.3, 0.4) is 0 Å². The first kappa shape index (κ1) is 21.0. The molecule has 0 saturated carbocycles. The van der Waals surface area contributed by atoms with Crippen molar-refractivity contribution < 1.29 is 5.11 Å². The van der Waals surface area contributed by atoms with Crippen LogP contribution in [-0.2, 0) is 0 Å². The van der Waals surface area contributed by atoms with Crippen molar-refractivity contribution in [1.82, 2.24) is 15.5 Å². The maximum atomic E-state index is 10.4. The Labute approximate surface area is 173 Å². The van der Waals surface area contributed by atoms with E-state index in [0.717, 1.165) is 24.2 Å². The van der Waals surface area contributed by atoms with Crippen molar-refractivity contribution in [2.75, 3.05) is 11.9 Å². The van der Waals surface area contributed by atoms with Gasteiger partial charge in [0, 0.05) is 35.8 Å². The lowest BCUT2D eigenvalue weighted by Crippen LogP contribution is -2.62. The van der Waals surface area contributed by atoms with Gasteiger partial charge in [-0.2, -0.15) is 0 Å². The summed E-state index contributed by atoms with van der Waals surface area (Å²) in [6.45, 7) is 10.9. The predicted molar refractivity (Wildman–Crippen MR) is 119 cm³/mol. The molecule has 4 N–H and O–H groups in total. The van der Waals surface area contributed by atoms with Gasteiger partial charge in [0.15, 0.2) is 5.82 Å². The van der Waals surface area contributed by atoms with Crippen LogP contribution in [0.2, 0.25) is 0 Å². The van der Waals surface area contributed by atoms with Gasteiger partial charge in [-0.15, -0.1) is 10.2 Å². The van der Waals surface area contributed by atoms with Crippen LogP contribution >= 0.6 is 0 Å². The van der Waals surface area contributed by atoms with Crippen LogP contribution < -0.4 is 16.0 Å². The van der Waals surface area contributed by atoms with Crippen molar-refractivity contribution in [3.63, 3.8) is 0 Å². The van der Waals surface area contributed by atoms with Gasteiger partial charge in [0.1, 0.15) is 5.75 Å². The minimum absolute atomic E-state index is 0.0606. The maximum absolute atomic E-state index is 10.4. The minimum Gasteiger partial charge on any atom is -0.507 e. The third kappa shape index (κ3) is 4.67. The number of rotatable bonds is 4. The average Bonchev–Trinajstić information content (AvgIpc) is 2.62. The van der Waals surface area contributed by atoms with Crippen LogP contribution in [-0.4, -0.2) is 45.8 Å². The summed E-state index contributed by atoms with van der Waals surface area (Å²) in [6.07, 6.45) is 3.27. The van der Waals surface area contributed by atoms with E-state index in [9.17, 15) is 5.11 Å².